The molecule has 66 heavy (non-hydrogen) atoms. The zero-order valence-electron chi connectivity index (χ0n) is 36.3. The Morgan fingerprint density at radius 3 is 1.42 bits per heavy atom. The molecule has 1 aromatic heterocycles. The normalized spacial score (nSPS) is 11.3. The Hall–Kier alpha value is -8.72. The van der Waals surface area contributed by atoms with E-state index >= 15 is 0 Å². The molecule has 0 radical (unpaired) electrons. The summed E-state index contributed by atoms with van der Waals surface area (Å²) in [5.74, 6) is 0. The van der Waals surface area contributed by atoms with Crippen LogP contribution in [-0.4, -0.2) is 4.57 Å². The lowest BCUT2D eigenvalue weighted by Gasteiger charge is -2.26. The van der Waals surface area contributed by atoms with Crippen LogP contribution in [0.3, 0.4) is 0 Å². The van der Waals surface area contributed by atoms with Gasteiger partial charge in [-0.15, -0.1) is 0 Å². The van der Waals surface area contributed by atoms with Crippen LogP contribution in [0, 0.1) is 0 Å². The third-order valence-corrected chi connectivity index (χ3v) is 13.0. The van der Waals surface area contributed by atoms with Crippen LogP contribution in [0.15, 0.2) is 267 Å². The maximum Gasteiger partial charge on any atom is 0.0561 e. The van der Waals surface area contributed by atoms with Gasteiger partial charge in [-0.05, 0) is 127 Å². The van der Waals surface area contributed by atoms with Crippen molar-refractivity contribution in [1.82, 2.24) is 4.57 Å². The number of aromatic nitrogens is 1. The molecule has 0 saturated heterocycles. The van der Waals surface area contributed by atoms with Crippen LogP contribution in [0.4, 0.5) is 17.1 Å². The molecule has 2 nitrogen and oxygen atoms in total. The van der Waals surface area contributed by atoms with E-state index in [0.29, 0.717) is 0 Å². The molecule has 0 aliphatic heterocycles. The molecule has 310 valence electrons. The van der Waals surface area contributed by atoms with E-state index in [0.717, 1.165) is 33.8 Å². The van der Waals surface area contributed by atoms with Gasteiger partial charge in [0.05, 0.1) is 11.0 Å². The molecule has 0 aliphatic rings. The van der Waals surface area contributed by atoms with E-state index < -0.39 is 0 Å². The molecule has 11 aromatic carbocycles. The number of nitrogens with zero attached hydrogens (tertiary/aromatic N) is 2. The first-order valence-corrected chi connectivity index (χ1v) is 22.7. The highest BCUT2D eigenvalue weighted by Gasteiger charge is 2.19. The fourth-order valence-corrected chi connectivity index (χ4v) is 9.87. The van der Waals surface area contributed by atoms with Crippen molar-refractivity contribution in [2.24, 2.45) is 0 Å². The molecule has 0 bridgehead atoms. The van der Waals surface area contributed by atoms with Gasteiger partial charge < -0.3 is 9.47 Å². The maximum atomic E-state index is 2.40. The summed E-state index contributed by atoms with van der Waals surface area (Å²) in [6, 6.07) is 96.8. The number of fused-ring (bicyclic) bond motifs is 4. The van der Waals surface area contributed by atoms with E-state index in [1.54, 1.807) is 0 Å². The minimum absolute atomic E-state index is 1.08. The van der Waals surface area contributed by atoms with Gasteiger partial charge in [-0.3, -0.25) is 0 Å². The third-order valence-electron chi connectivity index (χ3n) is 13.0. The molecule has 0 saturated carbocycles. The lowest BCUT2D eigenvalue weighted by Crippen LogP contribution is -2.10. The molecule has 0 atom stereocenters. The van der Waals surface area contributed by atoms with Crippen molar-refractivity contribution < 1.29 is 0 Å². The molecule has 0 amide bonds. The van der Waals surface area contributed by atoms with Crippen molar-refractivity contribution in [1.29, 1.82) is 0 Å². The molecule has 2 heteroatoms. The molecule has 0 aliphatic carbocycles. The van der Waals surface area contributed by atoms with Crippen LogP contribution in [0.5, 0.6) is 0 Å². The summed E-state index contributed by atoms with van der Waals surface area (Å²) in [5, 5.41) is 4.94. The van der Waals surface area contributed by atoms with E-state index in [1.807, 2.05) is 0 Å². The monoisotopic (exact) mass is 840 g/mol. The van der Waals surface area contributed by atoms with Gasteiger partial charge in [0.1, 0.15) is 0 Å². The molecule has 1 heterocycles. The smallest absolute Gasteiger partial charge is 0.0561 e. The van der Waals surface area contributed by atoms with Gasteiger partial charge in [-0.1, -0.05) is 206 Å². The van der Waals surface area contributed by atoms with Crippen LogP contribution in [0.25, 0.3) is 93.9 Å². The molecule has 12 aromatic rings. The van der Waals surface area contributed by atoms with Crippen LogP contribution in [-0.2, 0) is 0 Å². The van der Waals surface area contributed by atoms with E-state index in [4.69, 9.17) is 0 Å². The van der Waals surface area contributed by atoms with Crippen LogP contribution >= 0.6 is 0 Å². The fourth-order valence-electron chi connectivity index (χ4n) is 9.87. The van der Waals surface area contributed by atoms with Crippen LogP contribution in [0.2, 0.25) is 0 Å². The van der Waals surface area contributed by atoms with Gasteiger partial charge in [0, 0.05) is 33.5 Å². The average Bonchev–Trinajstić information content (AvgIpc) is 3.73. The van der Waals surface area contributed by atoms with Crippen molar-refractivity contribution >= 4 is 49.6 Å². The second kappa shape index (κ2) is 16.8. The SMILES string of the molecule is c1ccc(-c2ccc(-c3ccc(N(c4ccc(-c5ccc6ccccc6c5-c5ccccc5)cc4)c4ccc5c6ccccc6n(-c6ccccc6)c5c4)cc3)cc2-c2ccccc2)cc1. The third kappa shape index (κ3) is 7.02. The lowest BCUT2D eigenvalue weighted by molar-refractivity contribution is 1.18. The van der Waals surface area contributed by atoms with Crippen molar-refractivity contribution in [2.45, 2.75) is 0 Å². The quantitative estimate of drug-likeness (QED) is 0.141. The van der Waals surface area contributed by atoms with Crippen molar-refractivity contribution in [3.8, 4) is 61.3 Å². The number of rotatable bonds is 9. The zero-order valence-corrected chi connectivity index (χ0v) is 36.3. The first kappa shape index (κ1) is 38.9. The molecule has 0 unspecified atom stereocenters. The predicted molar refractivity (Wildman–Crippen MR) is 280 cm³/mol. The number of benzene rings is 11. The molecule has 0 fully saturated rings. The van der Waals surface area contributed by atoms with Gasteiger partial charge in [0.15, 0.2) is 0 Å². The Bertz CT molecular complexity index is 3650. The van der Waals surface area contributed by atoms with Gasteiger partial charge in [-0.2, -0.15) is 0 Å². The van der Waals surface area contributed by atoms with E-state index in [-0.39, 0.29) is 0 Å². The van der Waals surface area contributed by atoms with Crippen LogP contribution < -0.4 is 4.90 Å². The summed E-state index contributed by atoms with van der Waals surface area (Å²) < 4.78 is 2.40. The second-order valence-electron chi connectivity index (χ2n) is 16.9. The molecule has 0 N–H and O–H groups in total. The largest absolute Gasteiger partial charge is 0.310 e. The topological polar surface area (TPSA) is 8.17 Å². The van der Waals surface area contributed by atoms with Crippen molar-refractivity contribution in [3.63, 3.8) is 0 Å². The molecule has 0 spiro atoms. The predicted octanol–water partition coefficient (Wildman–Crippen LogP) is 17.7. The summed E-state index contributed by atoms with van der Waals surface area (Å²) in [7, 11) is 0. The van der Waals surface area contributed by atoms with Crippen molar-refractivity contribution in [3.05, 3.63) is 267 Å². The Labute approximate surface area is 385 Å². The summed E-state index contributed by atoms with van der Waals surface area (Å²) >= 11 is 0. The second-order valence-corrected chi connectivity index (χ2v) is 16.9. The molecular formula is C64H44N2. The van der Waals surface area contributed by atoms with Gasteiger partial charge >= 0.3 is 0 Å². The first-order valence-electron chi connectivity index (χ1n) is 22.7. The Kier molecular flexibility index (Phi) is 9.89. The van der Waals surface area contributed by atoms with Gasteiger partial charge in [-0.25, -0.2) is 0 Å². The Morgan fingerprint density at radius 2 is 0.742 bits per heavy atom. The molecular weight excluding hydrogens is 797 g/mol. The minimum atomic E-state index is 1.08. The highest BCUT2D eigenvalue weighted by molar-refractivity contribution is 6.10. The van der Waals surface area contributed by atoms with Gasteiger partial charge in [0.2, 0.25) is 0 Å². The standard InChI is InChI=1S/C64H44N2/c1-5-17-46(18-6-1)56-40-34-51(43-61(56)47-19-7-2-8-20-47)45-29-35-53(36-30-45)65(55-39-42-60-59-27-15-16-28-62(59)66(63(60)44-55)52-24-11-4-12-25-52)54-37-31-49(32-38-54)58-41-33-48-21-13-14-26-57(48)64(58)50-22-9-3-10-23-50/h1-44H. The lowest BCUT2D eigenvalue weighted by atomic mass is 9.90. The summed E-state index contributed by atoms with van der Waals surface area (Å²) in [6.45, 7) is 0. The zero-order chi connectivity index (χ0) is 43.8. The first-order chi connectivity index (χ1) is 32.7. The minimum Gasteiger partial charge on any atom is -0.310 e. The Morgan fingerprint density at radius 1 is 0.258 bits per heavy atom. The van der Waals surface area contributed by atoms with Crippen LogP contribution in [0.1, 0.15) is 0 Å². The number of anilines is 3. The summed E-state index contributed by atoms with van der Waals surface area (Å²) in [4.78, 5) is 2.40. The fraction of sp³-hybridized carbons (Fsp3) is 0. The Balaban J connectivity index is 1.000. The highest BCUT2D eigenvalue weighted by atomic mass is 15.1. The van der Waals surface area contributed by atoms with E-state index in [9.17, 15) is 0 Å². The number of hydrogen-bond acceptors (Lipinski definition) is 1. The number of para-hydroxylation sites is 2. The highest BCUT2D eigenvalue weighted by Crippen LogP contribution is 2.43. The average molecular weight is 841 g/mol. The van der Waals surface area contributed by atoms with E-state index in [1.165, 1.54) is 77.1 Å². The van der Waals surface area contributed by atoms with Gasteiger partial charge in [0.25, 0.3) is 0 Å². The summed E-state index contributed by atoms with van der Waals surface area (Å²) in [5.41, 5.74) is 18.8. The summed E-state index contributed by atoms with van der Waals surface area (Å²) in [6.07, 6.45) is 0. The van der Waals surface area contributed by atoms with E-state index in [2.05, 4.69) is 276 Å². The molecule has 12 rings (SSSR count). The maximum absolute atomic E-state index is 2.40. The van der Waals surface area contributed by atoms with Crippen molar-refractivity contribution in [2.75, 3.05) is 4.90 Å². The number of hydrogen-bond donors (Lipinski definition) is 0.